The molecule has 1 aromatic rings. The summed E-state index contributed by atoms with van der Waals surface area (Å²) in [5.74, 6) is 0.613. The molecule has 0 heterocycles. The van der Waals surface area contributed by atoms with Gasteiger partial charge in [-0.1, -0.05) is 12.1 Å². The molecular weight excluding hydrogens is 232 g/mol. The number of hydrogen-bond donors (Lipinski definition) is 0. The number of ketones is 1. The van der Waals surface area contributed by atoms with E-state index in [1.165, 1.54) is 0 Å². The lowest BCUT2D eigenvalue weighted by molar-refractivity contribution is 0.0208. The molecule has 0 unspecified atom stereocenters. The highest BCUT2D eigenvalue weighted by Crippen LogP contribution is 2.12. The van der Waals surface area contributed by atoms with Crippen molar-refractivity contribution in [3.05, 3.63) is 29.8 Å². The summed E-state index contributed by atoms with van der Waals surface area (Å²) in [6, 6.07) is 7.04. The fraction of sp³-hybridized carbons (Fsp3) is 0.500. The molecule has 0 radical (unpaired) electrons. The van der Waals surface area contributed by atoms with Gasteiger partial charge >= 0.3 is 0 Å². The zero-order valence-electron chi connectivity index (χ0n) is 11.1. The van der Waals surface area contributed by atoms with Gasteiger partial charge in [0.15, 0.2) is 5.78 Å². The lowest BCUT2D eigenvalue weighted by Gasteiger charge is -2.08. The Bertz CT molecular complexity index is 374. The Morgan fingerprint density at radius 2 is 2.06 bits per heavy atom. The van der Waals surface area contributed by atoms with Crippen LogP contribution >= 0.6 is 0 Å². The van der Waals surface area contributed by atoms with Gasteiger partial charge in [0.1, 0.15) is 12.4 Å². The van der Waals surface area contributed by atoms with Crippen LogP contribution in [-0.2, 0) is 9.47 Å². The molecule has 0 amide bonds. The van der Waals surface area contributed by atoms with Gasteiger partial charge in [0.2, 0.25) is 0 Å². The van der Waals surface area contributed by atoms with E-state index in [-0.39, 0.29) is 18.5 Å². The molecule has 4 nitrogen and oxygen atoms in total. The Kier molecular flexibility index (Phi) is 6.39. The number of methoxy groups -OCH3 is 1. The zero-order chi connectivity index (χ0) is 13.4. The average molecular weight is 252 g/mol. The molecule has 0 aromatic heterocycles. The first-order valence-corrected chi connectivity index (χ1v) is 6.00. The topological polar surface area (TPSA) is 44.8 Å². The van der Waals surface area contributed by atoms with Crippen LogP contribution in [0.3, 0.4) is 0 Å². The Morgan fingerprint density at radius 3 is 2.72 bits per heavy atom. The summed E-state index contributed by atoms with van der Waals surface area (Å²) in [5, 5.41) is 0. The van der Waals surface area contributed by atoms with Crippen LogP contribution in [0, 0.1) is 0 Å². The number of carbonyl (C=O) groups excluding carboxylic acids is 1. The van der Waals surface area contributed by atoms with E-state index in [1.54, 1.807) is 31.4 Å². The first-order valence-electron chi connectivity index (χ1n) is 6.00. The second-order valence-corrected chi connectivity index (χ2v) is 4.13. The molecule has 0 atom stereocenters. The molecule has 0 bridgehead atoms. The van der Waals surface area contributed by atoms with Crippen LogP contribution in [0.5, 0.6) is 5.75 Å². The Balaban J connectivity index is 2.31. The molecule has 100 valence electrons. The number of hydrogen-bond acceptors (Lipinski definition) is 4. The van der Waals surface area contributed by atoms with E-state index >= 15 is 0 Å². The Labute approximate surface area is 108 Å². The molecule has 0 N–H and O–H groups in total. The number of ether oxygens (including phenoxy) is 3. The van der Waals surface area contributed by atoms with E-state index in [0.29, 0.717) is 24.5 Å². The smallest absolute Gasteiger partial charge is 0.188 e. The van der Waals surface area contributed by atoms with Gasteiger partial charge in [0.25, 0.3) is 0 Å². The standard InChI is InChI=1S/C14H20O4/c1-11(2)18-8-7-17-10-14(15)12-5-4-6-13(9-12)16-3/h4-6,9,11H,7-8,10H2,1-3H3. The summed E-state index contributed by atoms with van der Waals surface area (Å²) in [4.78, 5) is 11.8. The average Bonchev–Trinajstić information content (AvgIpc) is 2.37. The predicted octanol–water partition coefficient (Wildman–Crippen LogP) is 2.32. The lowest BCUT2D eigenvalue weighted by atomic mass is 10.1. The number of carbonyl (C=O) groups is 1. The fourth-order valence-corrected chi connectivity index (χ4v) is 1.39. The van der Waals surface area contributed by atoms with Crippen LogP contribution in [0.2, 0.25) is 0 Å². The maximum absolute atomic E-state index is 11.8. The molecule has 0 saturated carbocycles. The summed E-state index contributed by atoms with van der Waals surface area (Å²) in [5.41, 5.74) is 0.596. The maximum atomic E-state index is 11.8. The third-order valence-corrected chi connectivity index (χ3v) is 2.30. The van der Waals surface area contributed by atoms with Crippen molar-refractivity contribution < 1.29 is 19.0 Å². The van der Waals surface area contributed by atoms with Crippen molar-refractivity contribution in [2.75, 3.05) is 26.9 Å². The van der Waals surface area contributed by atoms with E-state index in [1.807, 2.05) is 13.8 Å². The minimum absolute atomic E-state index is 0.0570. The Morgan fingerprint density at radius 1 is 1.28 bits per heavy atom. The maximum Gasteiger partial charge on any atom is 0.188 e. The van der Waals surface area contributed by atoms with Crippen molar-refractivity contribution >= 4 is 5.78 Å². The summed E-state index contributed by atoms with van der Waals surface area (Å²) in [6.07, 6.45) is 0.183. The van der Waals surface area contributed by atoms with Crippen LogP contribution in [0.25, 0.3) is 0 Å². The number of rotatable bonds is 8. The lowest BCUT2D eigenvalue weighted by Crippen LogP contribution is -2.14. The zero-order valence-corrected chi connectivity index (χ0v) is 11.1. The fourth-order valence-electron chi connectivity index (χ4n) is 1.39. The van der Waals surface area contributed by atoms with E-state index in [4.69, 9.17) is 14.2 Å². The van der Waals surface area contributed by atoms with Crippen LogP contribution in [0.15, 0.2) is 24.3 Å². The van der Waals surface area contributed by atoms with E-state index in [2.05, 4.69) is 0 Å². The van der Waals surface area contributed by atoms with Gasteiger partial charge in [-0.05, 0) is 26.0 Å². The minimum Gasteiger partial charge on any atom is -0.497 e. The van der Waals surface area contributed by atoms with E-state index < -0.39 is 0 Å². The largest absolute Gasteiger partial charge is 0.497 e. The van der Waals surface area contributed by atoms with Crippen molar-refractivity contribution in [1.29, 1.82) is 0 Å². The first kappa shape index (κ1) is 14.7. The van der Waals surface area contributed by atoms with Gasteiger partial charge in [0.05, 0.1) is 26.4 Å². The highest BCUT2D eigenvalue weighted by Gasteiger charge is 2.06. The molecule has 0 aliphatic heterocycles. The second-order valence-electron chi connectivity index (χ2n) is 4.13. The number of benzene rings is 1. The van der Waals surface area contributed by atoms with Crippen molar-refractivity contribution in [1.82, 2.24) is 0 Å². The third kappa shape index (κ3) is 5.29. The van der Waals surface area contributed by atoms with Crippen LogP contribution in [0.1, 0.15) is 24.2 Å². The van der Waals surface area contributed by atoms with Crippen LogP contribution < -0.4 is 4.74 Å². The van der Waals surface area contributed by atoms with E-state index in [9.17, 15) is 4.79 Å². The SMILES string of the molecule is COc1cccc(C(=O)COCCOC(C)C)c1. The summed E-state index contributed by atoms with van der Waals surface area (Å²) in [6.45, 7) is 4.91. The molecule has 18 heavy (non-hydrogen) atoms. The molecule has 0 spiro atoms. The van der Waals surface area contributed by atoms with Crippen LogP contribution in [0.4, 0.5) is 0 Å². The number of Topliss-reactive ketones (excluding diaryl/α,β-unsaturated/α-hetero) is 1. The summed E-state index contributed by atoms with van der Waals surface area (Å²) in [7, 11) is 1.57. The van der Waals surface area contributed by atoms with Crippen molar-refractivity contribution in [2.24, 2.45) is 0 Å². The van der Waals surface area contributed by atoms with Gasteiger partial charge in [0, 0.05) is 5.56 Å². The monoisotopic (exact) mass is 252 g/mol. The van der Waals surface area contributed by atoms with Crippen molar-refractivity contribution in [2.45, 2.75) is 20.0 Å². The molecular formula is C14H20O4. The van der Waals surface area contributed by atoms with Gasteiger partial charge in [-0.3, -0.25) is 4.79 Å². The van der Waals surface area contributed by atoms with E-state index in [0.717, 1.165) is 0 Å². The third-order valence-electron chi connectivity index (χ3n) is 2.30. The summed E-state index contributed by atoms with van der Waals surface area (Å²) < 4.78 is 15.6. The van der Waals surface area contributed by atoms with Gasteiger partial charge < -0.3 is 14.2 Å². The van der Waals surface area contributed by atoms with Crippen LogP contribution in [-0.4, -0.2) is 38.8 Å². The van der Waals surface area contributed by atoms with Crippen molar-refractivity contribution in [3.63, 3.8) is 0 Å². The molecule has 1 aromatic carbocycles. The van der Waals surface area contributed by atoms with Crippen molar-refractivity contribution in [3.8, 4) is 5.75 Å². The molecule has 0 saturated heterocycles. The highest BCUT2D eigenvalue weighted by molar-refractivity contribution is 5.97. The summed E-state index contributed by atoms with van der Waals surface area (Å²) >= 11 is 0. The molecule has 0 aliphatic carbocycles. The van der Waals surface area contributed by atoms with Gasteiger partial charge in [-0.25, -0.2) is 0 Å². The minimum atomic E-state index is -0.0570. The normalized spacial score (nSPS) is 10.7. The Hall–Kier alpha value is -1.39. The molecule has 1 rings (SSSR count). The first-order chi connectivity index (χ1) is 8.63. The van der Waals surface area contributed by atoms with Gasteiger partial charge in [-0.2, -0.15) is 0 Å². The van der Waals surface area contributed by atoms with Gasteiger partial charge in [-0.15, -0.1) is 0 Å². The molecule has 0 fully saturated rings. The quantitative estimate of drug-likeness (QED) is 0.526. The highest BCUT2D eigenvalue weighted by atomic mass is 16.5. The molecule has 0 aliphatic rings. The predicted molar refractivity (Wildman–Crippen MR) is 69.2 cm³/mol. The molecule has 4 heteroatoms. The second kappa shape index (κ2) is 7.84.